The van der Waals surface area contributed by atoms with Gasteiger partial charge in [-0.05, 0) is 19.3 Å². The average molecular weight is 136 g/mol. The van der Waals surface area contributed by atoms with E-state index in [2.05, 4.69) is 0 Å². The summed E-state index contributed by atoms with van der Waals surface area (Å²) < 4.78 is 0. The second-order valence-corrected chi connectivity index (χ2v) is 2.08. The summed E-state index contributed by atoms with van der Waals surface area (Å²) in [6, 6.07) is 0. The summed E-state index contributed by atoms with van der Waals surface area (Å²) in [6.45, 7) is 0. The fourth-order valence-corrected chi connectivity index (χ4v) is 0.862. The van der Waals surface area contributed by atoms with E-state index >= 15 is 0 Å². The van der Waals surface area contributed by atoms with E-state index in [1.165, 1.54) is 0 Å². The Hall–Kier alpha value is 0.340. The number of rotatable bonds is 0. The SMILES string of the molecule is [Na+].[O-]C1=C(O)CCCC1. The van der Waals surface area contributed by atoms with Crippen LogP contribution in [-0.2, 0) is 0 Å². The zero-order valence-electron chi connectivity index (χ0n) is 5.68. The number of hydrogen-bond acceptors (Lipinski definition) is 2. The van der Waals surface area contributed by atoms with Crippen molar-refractivity contribution >= 4 is 0 Å². The van der Waals surface area contributed by atoms with E-state index in [0.29, 0.717) is 12.8 Å². The number of aliphatic hydroxyl groups excluding tert-OH is 1. The van der Waals surface area contributed by atoms with Crippen LogP contribution in [-0.4, -0.2) is 5.11 Å². The Morgan fingerprint density at radius 1 is 1.22 bits per heavy atom. The molecule has 0 heterocycles. The molecule has 0 atom stereocenters. The molecule has 0 spiro atoms. The van der Waals surface area contributed by atoms with Gasteiger partial charge in [-0.3, -0.25) is 0 Å². The quantitative estimate of drug-likeness (QED) is 0.380. The van der Waals surface area contributed by atoms with Crippen LogP contribution in [0.3, 0.4) is 0 Å². The minimum Gasteiger partial charge on any atom is -0.873 e. The van der Waals surface area contributed by atoms with Gasteiger partial charge in [-0.1, -0.05) is 5.76 Å². The number of allylic oxidation sites excluding steroid dienone is 2. The number of hydrogen-bond donors (Lipinski definition) is 1. The Bertz CT molecular complexity index is 106. The summed E-state index contributed by atoms with van der Waals surface area (Å²) in [5.74, 6) is 0.0208. The van der Waals surface area contributed by atoms with Gasteiger partial charge < -0.3 is 10.2 Å². The molecule has 3 heteroatoms. The predicted octanol–water partition coefficient (Wildman–Crippen LogP) is -2.31. The minimum atomic E-state index is -0.0590. The van der Waals surface area contributed by atoms with Gasteiger partial charge in [0, 0.05) is 6.42 Å². The second-order valence-electron chi connectivity index (χ2n) is 2.08. The molecule has 9 heavy (non-hydrogen) atoms. The van der Waals surface area contributed by atoms with Crippen LogP contribution in [0.25, 0.3) is 0 Å². The van der Waals surface area contributed by atoms with E-state index in [1.807, 2.05) is 0 Å². The third kappa shape index (κ3) is 2.61. The van der Waals surface area contributed by atoms with Crippen LogP contribution >= 0.6 is 0 Å². The van der Waals surface area contributed by atoms with Crippen LogP contribution < -0.4 is 34.7 Å². The maximum Gasteiger partial charge on any atom is 1.00 e. The molecule has 0 bridgehead atoms. The van der Waals surface area contributed by atoms with Crippen molar-refractivity contribution < 1.29 is 39.8 Å². The van der Waals surface area contributed by atoms with Gasteiger partial charge >= 0.3 is 29.6 Å². The maximum atomic E-state index is 10.5. The summed E-state index contributed by atoms with van der Waals surface area (Å²) >= 11 is 0. The summed E-state index contributed by atoms with van der Waals surface area (Å²) in [6.07, 6.45) is 3.06. The predicted molar refractivity (Wildman–Crippen MR) is 28.1 cm³/mol. The van der Waals surface area contributed by atoms with Crippen LogP contribution in [0.2, 0.25) is 0 Å². The van der Waals surface area contributed by atoms with Gasteiger partial charge in [0.15, 0.2) is 0 Å². The van der Waals surface area contributed by atoms with Crippen LogP contribution in [0.5, 0.6) is 0 Å². The molecule has 1 aliphatic carbocycles. The van der Waals surface area contributed by atoms with Gasteiger partial charge in [-0.2, -0.15) is 0 Å². The fraction of sp³-hybridized carbons (Fsp3) is 0.667. The summed E-state index contributed by atoms with van der Waals surface area (Å²) in [5.41, 5.74) is 0. The molecule has 0 amide bonds. The van der Waals surface area contributed by atoms with E-state index in [4.69, 9.17) is 5.11 Å². The first-order chi connectivity index (χ1) is 3.80. The van der Waals surface area contributed by atoms with E-state index in [-0.39, 0.29) is 41.1 Å². The third-order valence-electron chi connectivity index (χ3n) is 1.39. The summed E-state index contributed by atoms with van der Waals surface area (Å²) in [7, 11) is 0. The molecule has 0 unspecified atom stereocenters. The smallest absolute Gasteiger partial charge is 0.873 e. The van der Waals surface area contributed by atoms with Crippen molar-refractivity contribution in [2.45, 2.75) is 25.7 Å². The fourth-order valence-electron chi connectivity index (χ4n) is 0.862. The first-order valence-corrected chi connectivity index (χ1v) is 2.88. The monoisotopic (exact) mass is 136 g/mol. The third-order valence-corrected chi connectivity index (χ3v) is 1.39. The molecule has 2 nitrogen and oxygen atoms in total. The van der Waals surface area contributed by atoms with Gasteiger partial charge in [0.2, 0.25) is 0 Å². The standard InChI is InChI=1S/C6H10O2.Na/c7-5-3-1-2-4-6(5)8;/h7-8H,1-4H2;/q;+1/p-1. The van der Waals surface area contributed by atoms with Crippen LogP contribution in [0, 0.1) is 0 Å². The molecule has 0 saturated carbocycles. The Morgan fingerprint density at radius 2 is 1.78 bits per heavy atom. The largest absolute Gasteiger partial charge is 1.00 e. The van der Waals surface area contributed by atoms with E-state index < -0.39 is 0 Å². The zero-order chi connectivity index (χ0) is 5.98. The van der Waals surface area contributed by atoms with Crippen LogP contribution in [0.15, 0.2) is 11.5 Å². The van der Waals surface area contributed by atoms with Gasteiger partial charge in [0.1, 0.15) is 0 Å². The molecule has 1 N–H and O–H groups in total. The molecule has 0 aliphatic heterocycles. The average Bonchev–Trinajstić information content (AvgIpc) is 1.77. The first-order valence-electron chi connectivity index (χ1n) is 2.88. The van der Waals surface area contributed by atoms with Crippen LogP contribution in [0.1, 0.15) is 25.7 Å². The maximum absolute atomic E-state index is 10.5. The van der Waals surface area contributed by atoms with Crippen molar-refractivity contribution in [3.8, 4) is 0 Å². The molecule has 0 aromatic heterocycles. The van der Waals surface area contributed by atoms with Crippen molar-refractivity contribution in [3.63, 3.8) is 0 Å². The van der Waals surface area contributed by atoms with Gasteiger partial charge in [0.25, 0.3) is 0 Å². The topological polar surface area (TPSA) is 43.3 Å². The normalized spacial score (nSPS) is 19.1. The Labute approximate surface area is 76.9 Å². The first kappa shape index (κ1) is 9.34. The Morgan fingerprint density at radius 3 is 2.11 bits per heavy atom. The Kier molecular flexibility index (Phi) is 4.36. The minimum absolute atomic E-state index is 0. The van der Waals surface area contributed by atoms with E-state index in [0.717, 1.165) is 12.8 Å². The molecule has 46 valence electrons. The summed E-state index contributed by atoms with van der Waals surface area (Å²) in [4.78, 5) is 0. The van der Waals surface area contributed by atoms with E-state index in [1.54, 1.807) is 0 Å². The molecule has 0 radical (unpaired) electrons. The molecular weight excluding hydrogens is 127 g/mol. The second kappa shape index (κ2) is 4.20. The van der Waals surface area contributed by atoms with Crippen LogP contribution in [0.4, 0.5) is 0 Å². The molecule has 1 rings (SSSR count). The molecule has 0 saturated heterocycles. The summed E-state index contributed by atoms with van der Waals surface area (Å²) in [5, 5.41) is 19.3. The van der Waals surface area contributed by atoms with E-state index in [9.17, 15) is 5.11 Å². The molecule has 0 aromatic rings. The molecule has 1 aliphatic rings. The van der Waals surface area contributed by atoms with Gasteiger partial charge in [0.05, 0.1) is 5.76 Å². The van der Waals surface area contributed by atoms with Gasteiger partial charge in [-0.25, -0.2) is 0 Å². The van der Waals surface area contributed by atoms with Crippen molar-refractivity contribution in [1.29, 1.82) is 0 Å². The Balaban J connectivity index is 0.000000640. The van der Waals surface area contributed by atoms with Crippen molar-refractivity contribution in [2.24, 2.45) is 0 Å². The van der Waals surface area contributed by atoms with Gasteiger partial charge in [-0.15, -0.1) is 0 Å². The van der Waals surface area contributed by atoms with Crippen molar-refractivity contribution in [3.05, 3.63) is 11.5 Å². The molecule has 0 aromatic carbocycles. The van der Waals surface area contributed by atoms with Crippen molar-refractivity contribution in [1.82, 2.24) is 0 Å². The molecule has 0 fully saturated rings. The van der Waals surface area contributed by atoms with Crippen molar-refractivity contribution in [2.75, 3.05) is 0 Å². The zero-order valence-corrected chi connectivity index (χ0v) is 7.68. The number of aliphatic hydroxyl groups is 1. The molecular formula is C6H9NaO2.